The zero-order valence-electron chi connectivity index (χ0n) is 17.7. The molecule has 0 spiro atoms. The van der Waals surface area contributed by atoms with Crippen LogP contribution in [0.3, 0.4) is 0 Å². The van der Waals surface area contributed by atoms with Crippen molar-refractivity contribution in [3.63, 3.8) is 0 Å². The lowest BCUT2D eigenvalue weighted by Gasteiger charge is -2.32. The molecule has 0 N–H and O–H groups in total. The summed E-state index contributed by atoms with van der Waals surface area (Å²) >= 11 is 0. The minimum atomic E-state index is -4.30. The molecule has 0 aromatic heterocycles. The third-order valence-electron chi connectivity index (χ3n) is 5.78. The Morgan fingerprint density at radius 1 is 1.06 bits per heavy atom. The highest BCUT2D eigenvalue weighted by atomic mass is 35.5. The maximum atomic E-state index is 13.0. The third kappa shape index (κ3) is 7.51. The van der Waals surface area contributed by atoms with E-state index in [9.17, 15) is 21.6 Å². The highest BCUT2D eigenvalue weighted by Gasteiger charge is 2.31. The molecule has 31 heavy (non-hydrogen) atoms. The van der Waals surface area contributed by atoms with Gasteiger partial charge in [0, 0.05) is 12.8 Å². The quantitative estimate of drug-likeness (QED) is 0.541. The van der Waals surface area contributed by atoms with E-state index < -0.39 is 21.6 Å². The van der Waals surface area contributed by atoms with Crippen molar-refractivity contribution < 1.29 is 21.6 Å². The van der Waals surface area contributed by atoms with Gasteiger partial charge in [-0.1, -0.05) is 49.4 Å². The molecule has 2 aromatic carbocycles. The summed E-state index contributed by atoms with van der Waals surface area (Å²) in [5.74, 6) is 0.245. The summed E-state index contributed by atoms with van der Waals surface area (Å²) in [4.78, 5) is 2.32. The van der Waals surface area contributed by atoms with Crippen LogP contribution in [0, 0.1) is 0 Å². The van der Waals surface area contributed by atoms with E-state index in [-0.39, 0.29) is 30.0 Å². The van der Waals surface area contributed by atoms with Gasteiger partial charge >= 0.3 is 6.18 Å². The van der Waals surface area contributed by atoms with Crippen molar-refractivity contribution in [1.29, 1.82) is 0 Å². The van der Waals surface area contributed by atoms with Gasteiger partial charge in [-0.05, 0) is 60.5 Å². The average Bonchev–Trinajstić information content (AvgIpc) is 2.67. The van der Waals surface area contributed by atoms with Crippen LogP contribution in [0.5, 0.6) is 0 Å². The fourth-order valence-corrected chi connectivity index (χ4v) is 5.25. The summed E-state index contributed by atoms with van der Waals surface area (Å²) < 4.78 is 61.8. The fraction of sp³-hybridized carbons (Fsp3) is 0.478. The molecule has 1 aliphatic rings. The van der Waals surface area contributed by atoms with E-state index in [1.807, 2.05) is 31.2 Å². The van der Waals surface area contributed by atoms with E-state index in [1.165, 1.54) is 18.4 Å². The lowest BCUT2D eigenvalue weighted by Crippen LogP contribution is -2.32. The molecular weight excluding hydrogens is 447 g/mol. The number of halogens is 4. The van der Waals surface area contributed by atoms with Gasteiger partial charge in [-0.15, -0.1) is 12.4 Å². The van der Waals surface area contributed by atoms with E-state index >= 15 is 0 Å². The molecule has 1 heterocycles. The Hall–Kier alpha value is -1.57. The third-order valence-corrected chi connectivity index (χ3v) is 6.89. The highest BCUT2D eigenvalue weighted by molar-refractivity contribution is 7.90. The van der Waals surface area contributed by atoms with Crippen LogP contribution in [0.15, 0.2) is 48.5 Å². The number of sulfone groups is 1. The monoisotopic (exact) mass is 475 g/mol. The molecule has 0 amide bonds. The molecule has 0 aliphatic carbocycles. The minimum absolute atomic E-state index is 0. The van der Waals surface area contributed by atoms with Crippen molar-refractivity contribution in [2.75, 3.05) is 25.1 Å². The second-order valence-electron chi connectivity index (χ2n) is 8.41. The Bertz CT molecular complexity index is 954. The van der Waals surface area contributed by atoms with E-state index in [1.54, 1.807) is 6.07 Å². The fourth-order valence-electron chi connectivity index (χ4n) is 4.15. The molecule has 1 saturated heterocycles. The largest absolute Gasteiger partial charge is 0.416 e. The summed E-state index contributed by atoms with van der Waals surface area (Å²) in [6.07, 6.45) is -1.38. The topological polar surface area (TPSA) is 37.4 Å². The van der Waals surface area contributed by atoms with Crippen LogP contribution in [0.2, 0.25) is 0 Å². The van der Waals surface area contributed by atoms with Crippen molar-refractivity contribution in [2.45, 2.75) is 44.3 Å². The first kappa shape index (κ1) is 25.7. The summed E-state index contributed by atoms with van der Waals surface area (Å²) in [6, 6.07) is 13.7. The van der Waals surface area contributed by atoms with Gasteiger partial charge in [0.15, 0.2) is 0 Å². The zero-order valence-corrected chi connectivity index (χ0v) is 19.4. The Morgan fingerprint density at radius 3 is 2.23 bits per heavy atom. The van der Waals surface area contributed by atoms with E-state index in [4.69, 9.17) is 0 Å². The lowest BCUT2D eigenvalue weighted by molar-refractivity contribution is -0.137. The Labute approximate surface area is 189 Å². The second-order valence-corrected chi connectivity index (χ2v) is 10.6. The van der Waals surface area contributed by atoms with Crippen LogP contribution in [0.4, 0.5) is 13.2 Å². The van der Waals surface area contributed by atoms with Crippen LogP contribution < -0.4 is 0 Å². The minimum Gasteiger partial charge on any atom is -0.299 e. The van der Waals surface area contributed by atoms with Gasteiger partial charge in [-0.25, -0.2) is 8.42 Å². The molecule has 172 valence electrons. The SMILES string of the molecule is C[C@@H](CS(C)(=O)=O)c1ccc(CN2CCC(c3cccc(C(F)(F)F)c3)CC2)cc1.Cl. The maximum Gasteiger partial charge on any atom is 0.416 e. The van der Waals surface area contributed by atoms with Crippen LogP contribution >= 0.6 is 12.4 Å². The van der Waals surface area contributed by atoms with Gasteiger partial charge in [-0.3, -0.25) is 4.90 Å². The van der Waals surface area contributed by atoms with Crippen molar-refractivity contribution in [2.24, 2.45) is 0 Å². The molecule has 8 heteroatoms. The average molecular weight is 476 g/mol. The summed E-state index contributed by atoms with van der Waals surface area (Å²) in [5.41, 5.74) is 2.36. The molecule has 1 aliphatic heterocycles. The summed E-state index contributed by atoms with van der Waals surface area (Å²) in [7, 11) is -3.01. The van der Waals surface area contributed by atoms with Gasteiger partial charge in [0.2, 0.25) is 0 Å². The Balaban J connectivity index is 0.00000341. The first-order chi connectivity index (χ1) is 14.0. The van der Waals surface area contributed by atoms with Crippen LogP contribution in [-0.2, 0) is 22.6 Å². The van der Waals surface area contributed by atoms with Crippen LogP contribution in [-0.4, -0.2) is 38.4 Å². The molecule has 0 radical (unpaired) electrons. The number of nitrogens with zero attached hydrogens (tertiary/aromatic N) is 1. The highest BCUT2D eigenvalue weighted by Crippen LogP contribution is 2.34. The van der Waals surface area contributed by atoms with Gasteiger partial charge in [0.05, 0.1) is 11.3 Å². The number of benzene rings is 2. The van der Waals surface area contributed by atoms with Gasteiger partial charge in [0.25, 0.3) is 0 Å². The molecule has 3 nitrogen and oxygen atoms in total. The number of hydrogen-bond acceptors (Lipinski definition) is 3. The number of rotatable bonds is 6. The van der Waals surface area contributed by atoms with E-state index in [0.29, 0.717) is 0 Å². The summed E-state index contributed by atoms with van der Waals surface area (Å²) in [5, 5.41) is 0. The standard InChI is InChI=1S/C23H28F3NO2S.ClH/c1-17(16-30(2,28)29)19-8-6-18(7-9-19)15-27-12-10-20(11-13-27)21-4-3-5-22(14-21)23(24,25)26;/h3-9,14,17,20H,10-13,15-16H2,1-2H3;1H/t17-;/m0./s1. The molecule has 1 fully saturated rings. The smallest absolute Gasteiger partial charge is 0.299 e. The Kier molecular flexibility index (Phi) is 8.59. The number of alkyl halides is 3. The molecule has 2 aromatic rings. The van der Waals surface area contributed by atoms with E-state index in [2.05, 4.69) is 4.90 Å². The Morgan fingerprint density at radius 2 is 1.68 bits per heavy atom. The van der Waals surface area contributed by atoms with Crippen LogP contribution in [0.25, 0.3) is 0 Å². The second kappa shape index (κ2) is 10.4. The predicted octanol–water partition coefficient (Wildman–Crippen LogP) is 5.65. The molecule has 0 saturated carbocycles. The van der Waals surface area contributed by atoms with Crippen molar-refractivity contribution >= 4 is 22.2 Å². The van der Waals surface area contributed by atoms with Gasteiger partial charge in [0.1, 0.15) is 9.84 Å². The van der Waals surface area contributed by atoms with Gasteiger partial charge < -0.3 is 0 Å². The van der Waals surface area contributed by atoms with Crippen LogP contribution in [0.1, 0.15) is 53.9 Å². The van der Waals surface area contributed by atoms with Gasteiger partial charge in [-0.2, -0.15) is 13.2 Å². The molecular formula is C23H29ClF3NO2S. The molecule has 0 unspecified atom stereocenters. The van der Waals surface area contributed by atoms with E-state index in [0.717, 1.165) is 55.2 Å². The lowest BCUT2D eigenvalue weighted by atomic mass is 9.88. The number of hydrogen-bond donors (Lipinski definition) is 0. The molecule has 1 atom stereocenters. The first-order valence-electron chi connectivity index (χ1n) is 10.2. The normalized spacial score (nSPS) is 17.2. The number of piperidine rings is 1. The molecule has 0 bridgehead atoms. The predicted molar refractivity (Wildman–Crippen MR) is 121 cm³/mol. The first-order valence-corrected chi connectivity index (χ1v) is 12.2. The zero-order chi connectivity index (χ0) is 21.9. The maximum absolute atomic E-state index is 13.0. The van der Waals surface area contributed by atoms with Crippen molar-refractivity contribution in [3.05, 3.63) is 70.8 Å². The number of likely N-dealkylation sites (tertiary alicyclic amines) is 1. The van der Waals surface area contributed by atoms with Crippen molar-refractivity contribution in [1.82, 2.24) is 4.90 Å². The molecule has 3 rings (SSSR count). The van der Waals surface area contributed by atoms with Crippen molar-refractivity contribution in [3.8, 4) is 0 Å². The summed E-state index contributed by atoms with van der Waals surface area (Å²) in [6.45, 7) is 4.38.